The van der Waals surface area contributed by atoms with Crippen LogP contribution >= 0.6 is 11.3 Å². The second kappa shape index (κ2) is 7.74. The average Bonchev–Trinajstić information content (AvgIpc) is 3.55. The van der Waals surface area contributed by atoms with Crippen LogP contribution in [0.15, 0.2) is 84.5 Å². The second-order valence-corrected chi connectivity index (χ2v) is 8.16. The molecular formula is C25H21N5S. The number of hydrogen-bond donors (Lipinski definition) is 3. The number of nitrogens with two attached hydrogens (primary N) is 1. The monoisotopic (exact) mass is 423 g/mol. The number of thiophene rings is 1. The summed E-state index contributed by atoms with van der Waals surface area (Å²) in [4.78, 5) is 9.34. The molecule has 0 saturated heterocycles. The van der Waals surface area contributed by atoms with Crippen LogP contribution < -0.4 is 5.73 Å². The Kier molecular flexibility index (Phi) is 4.76. The van der Waals surface area contributed by atoms with Gasteiger partial charge in [0, 0.05) is 44.2 Å². The maximum atomic E-state index is 5.96. The first-order chi connectivity index (χ1) is 15.2. The third kappa shape index (κ3) is 3.37. The van der Waals surface area contributed by atoms with Gasteiger partial charge in [-0.15, -0.1) is 11.3 Å². The molecule has 0 spiro atoms. The van der Waals surface area contributed by atoms with Crippen LogP contribution in [0.3, 0.4) is 0 Å². The second-order valence-electron chi connectivity index (χ2n) is 7.21. The first kappa shape index (κ1) is 19.1. The molecule has 0 radical (unpaired) electrons. The summed E-state index contributed by atoms with van der Waals surface area (Å²) in [6.45, 7) is 5.71. The van der Waals surface area contributed by atoms with Gasteiger partial charge in [-0.05, 0) is 54.3 Å². The van der Waals surface area contributed by atoms with Gasteiger partial charge in [0.05, 0.1) is 11.4 Å². The van der Waals surface area contributed by atoms with Crippen LogP contribution in [0.4, 0.5) is 0 Å². The Morgan fingerprint density at radius 2 is 2.06 bits per heavy atom. The zero-order valence-electron chi connectivity index (χ0n) is 17.0. The quantitative estimate of drug-likeness (QED) is 0.291. The van der Waals surface area contributed by atoms with Crippen molar-refractivity contribution in [1.82, 2.24) is 20.2 Å². The summed E-state index contributed by atoms with van der Waals surface area (Å²) in [6, 6.07) is 14.8. The fourth-order valence-corrected chi connectivity index (χ4v) is 4.54. The highest BCUT2D eigenvalue weighted by atomic mass is 32.1. The van der Waals surface area contributed by atoms with Crippen LogP contribution in [-0.2, 0) is 0 Å². The van der Waals surface area contributed by atoms with E-state index >= 15 is 0 Å². The molecule has 0 saturated carbocycles. The fraction of sp³-hybridized carbons (Fsp3) is 0.0400. The van der Waals surface area contributed by atoms with E-state index in [1.807, 2.05) is 25.3 Å². The number of nitrogens with one attached hydrogen (secondary N) is 2. The molecule has 0 aliphatic heterocycles. The SMILES string of the molecule is C=C/C(N)=C\C(=C/C)c1cnc2n[nH]c(-c3cc4c(-c5cccs5)cccc4[nH]3)c2c1. The third-order valence-corrected chi connectivity index (χ3v) is 6.24. The van der Waals surface area contributed by atoms with E-state index in [4.69, 9.17) is 5.73 Å². The van der Waals surface area contributed by atoms with E-state index in [-0.39, 0.29) is 0 Å². The van der Waals surface area contributed by atoms with Gasteiger partial charge in [-0.25, -0.2) is 4.98 Å². The number of H-pyrrole nitrogens is 2. The average molecular weight is 424 g/mol. The van der Waals surface area contributed by atoms with Crippen molar-refractivity contribution in [2.24, 2.45) is 5.73 Å². The molecule has 31 heavy (non-hydrogen) atoms. The predicted molar refractivity (Wildman–Crippen MR) is 131 cm³/mol. The van der Waals surface area contributed by atoms with Gasteiger partial charge in [0.15, 0.2) is 5.65 Å². The molecule has 5 nitrogen and oxygen atoms in total. The molecule has 1 aromatic carbocycles. The minimum absolute atomic E-state index is 0.609. The molecule has 0 aliphatic rings. The van der Waals surface area contributed by atoms with E-state index in [1.54, 1.807) is 17.4 Å². The van der Waals surface area contributed by atoms with Crippen LogP contribution in [0.1, 0.15) is 12.5 Å². The van der Waals surface area contributed by atoms with Crippen LogP contribution in [0.25, 0.3) is 49.3 Å². The highest BCUT2D eigenvalue weighted by molar-refractivity contribution is 7.13. The van der Waals surface area contributed by atoms with E-state index in [9.17, 15) is 0 Å². The van der Waals surface area contributed by atoms with Gasteiger partial charge in [-0.1, -0.05) is 30.9 Å². The number of pyridine rings is 1. The molecule has 4 heterocycles. The van der Waals surface area contributed by atoms with E-state index < -0.39 is 0 Å². The zero-order chi connectivity index (χ0) is 21.4. The van der Waals surface area contributed by atoms with E-state index in [1.165, 1.54) is 15.8 Å². The van der Waals surface area contributed by atoms with E-state index in [2.05, 4.69) is 74.6 Å². The van der Waals surface area contributed by atoms with Crippen LogP contribution in [0.5, 0.6) is 0 Å². The lowest BCUT2D eigenvalue weighted by molar-refractivity contribution is 1.10. The van der Waals surface area contributed by atoms with Crippen molar-refractivity contribution in [3.63, 3.8) is 0 Å². The van der Waals surface area contributed by atoms with Crippen molar-refractivity contribution in [3.8, 4) is 21.8 Å². The fourth-order valence-electron chi connectivity index (χ4n) is 3.77. The smallest absolute Gasteiger partial charge is 0.181 e. The molecule has 4 aromatic heterocycles. The Labute approximate surface area is 183 Å². The molecule has 5 rings (SSSR count). The predicted octanol–water partition coefficient (Wildman–Crippen LogP) is 6.27. The van der Waals surface area contributed by atoms with Crippen LogP contribution in [-0.4, -0.2) is 20.2 Å². The largest absolute Gasteiger partial charge is 0.399 e. The van der Waals surface area contributed by atoms with Crippen molar-refractivity contribution < 1.29 is 0 Å². The lowest BCUT2D eigenvalue weighted by atomic mass is 10.0. The molecule has 0 bridgehead atoms. The molecule has 0 amide bonds. The summed E-state index contributed by atoms with van der Waals surface area (Å²) in [7, 11) is 0. The molecule has 6 heteroatoms. The summed E-state index contributed by atoms with van der Waals surface area (Å²) in [5, 5.41) is 11.8. The standard InChI is InChI=1S/C25H21N5S/c1-3-15(11-17(26)4-2)16-12-20-24(29-30-25(20)27-14-16)22-13-19-18(23-9-6-10-31-23)7-5-8-21(19)28-22/h3-14,28H,2,26H2,1H3,(H,27,29,30)/b15-3+,17-11+. The molecule has 152 valence electrons. The first-order valence-electron chi connectivity index (χ1n) is 9.94. The van der Waals surface area contributed by atoms with Gasteiger partial charge in [0.1, 0.15) is 0 Å². The molecule has 0 aliphatic carbocycles. The number of fused-ring (bicyclic) bond motifs is 2. The van der Waals surface area contributed by atoms with E-state index in [0.29, 0.717) is 11.3 Å². The van der Waals surface area contributed by atoms with Gasteiger partial charge in [0.25, 0.3) is 0 Å². The molecule has 0 atom stereocenters. The van der Waals surface area contributed by atoms with Crippen molar-refractivity contribution in [2.75, 3.05) is 0 Å². The van der Waals surface area contributed by atoms with Crippen LogP contribution in [0, 0.1) is 0 Å². The number of rotatable bonds is 5. The Balaban J connectivity index is 1.65. The normalized spacial score (nSPS) is 12.7. The van der Waals surface area contributed by atoms with Gasteiger partial charge < -0.3 is 10.7 Å². The molecule has 4 N–H and O–H groups in total. The first-order valence-corrected chi connectivity index (χ1v) is 10.8. The number of aromatic nitrogens is 4. The highest BCUT2D eigenvalue weighted by Crippen LogP contribution is 2.35. The summed E-state index contributed by atoms with van der Waals surface area (Å²) < 4.78 is 0. The molecular weight excluding hydrogens is 402 g/mol. The number of allylic oxidation sites excluding steroid dienone is 4. The summed E-state index contributed by atoms with van der Waals surface area (Å²) in [5.41, 5.74) is 13.4. The molecule has 0 fully saturated rings. The maximum absolute atomic E-state index is 5.96. The lowest BCUT2D eigenvalue weighted by Crippen LogP contribution is -1.93. The van der Waals surface area contributed by atoms with Crippen LogP contribution in [0.2, 0.25) is 0 Å². The van der Waals surface area contributed by atoms with Crippen molar-refractivity contribution in [2.45, 2.75) is 6.92 Å². The summed E-state index contributed by atoms with van der Waals surface area (Å²) in [5.74, 6) is 0. The highest BCUT2D eigenvalue weighted by Gasteiger charge is 2.15. The zero-order valence-corrected chi connectivity index (χ0v) is 17.8. The minimum atomic E-state index is 0.609. The Bertz CT molecular complexity index is 1460. The number of aromatic amines is 2. The molecule has 0 unspecified atom stereocenters. The lowest BCUT2D eigenvalue weighted by Gasteiger charge is -2.04. The minimum Gasteiger partial charge on any atom is -0.399 e. The van der Waals surface area contributed by atoms with Gasteiger partial charge in [-0.3, -0.25) is 5.10 Å². The third-order valence-electron chi connectivity index (χ3n) is 5.33. The topological polar surface area (TPSA) is 83.4 Å². The Morgan fingerprint density at radius 3 is 2.84 bits per heavy atom. The van der Waals surface area contributed by atoms with Gasteiger partial charge >= 0.3 is 0 Å². The summed E-state index contributed by atoms with van der Waals surface area (Å²) in [6.07, 6.45) is 7.35. The summed E-state index contributed by atoms with van der Waals surface area (Å²) >= 11 is 1.74. The maximum Gasteiger partial charge on any atom is 0.181 e. The van der Waals surface area contributed by atoms with Crippen molar-refractivity contribution in [3.05, 3.63) is 90.1 Å². The molecule has 5 aromatic rings. The van der Waals surface area contributed by atoms with Crippen molar-refractivity contribution >= 4 is 38.8 Å². The van der Waals surface area contributed by atoms with Crippen molar-refractivity contribution in [1.29, 1.82) is 0 Å². The number of hydrogen-bond acceptors (Lipinski definition) is 4. The number of benzene rings is 1. The van der Waals surface area contributed by atoms with Gasteiger partial charge in [-0.2, -0.15) is 5.10 Å². The van der Waals surface area contributed by atoms with Gasteiger partial charge in [0.2, 0.25) is 0 Å². The Morgan fingerprint density at radius 1 is 1.16 bits per heavy atom. The number of nitrogens with zero attached hydrogens (tertiary/aromatic N) is 2. The Hall–Kier alpha value is -3.90. The van der Waals surface area contributed by atoms with E-state index in [0.717, 1.165) is 33.4 Å².